The van der Waals surface area contributed by atoms with Gasteiger partial charge in [-0.2, -0.15) is 13.7 Å². The van der Waals surface area contributed by atoms with Crippen LogP contribution in [0.1, 0.15) is 25.3 Å². The highest BCUT2D eigenvalue weighted by Gasteiger charge is 2.79. The zero-order valence-corrected chi connectivity index (χ0v) is 17.4. The Morgan fingerprint density at radius 1 is 1.41 bits per heavy atom. The van der Waals surface area contributed by atoms with Crippen molar-refractivity contribution in [2.45, 2.75) is 43.3 Å². The maximum Gasteiger partial charge on any atom is 0.264 e. The number of amides is 1. The van der Waals surface area contributed by atoms with E-state index in [9.17, 15) is 13.2 Å². The summed E-state index contributed by atoms with van der Waals surface area (Å²) in [6.07, 6.45) is 0.527. The van der Waals surface area contributed by atoms with E-state index in [2.05, 4.69) is 0 Å². The molecule has 0 radical (unpaired) electrons. The van der Waals surface area contributed by atoms with Crippen molar-refractivity contribution in [3.8, 4) is 6.07 Å². The van der Waals surface area contributed by atoms with Crippen molar-refractivity contribution in [3.05, 3.63) is 28.8 Å². The lowest BCUT2D eigenvalue weighted by Crippen LogP contribution is -2.57. The van der Waals surface area contributed by atoms with Crippen molar-refractivity contribution in [1.29, 1.82) is 5.26 Å². The first kappa shape index (κ1) is 19.3. The maximum atomic E-state index is 13.5. The summed E-state index contributed by atoms with van der Waals surface area (Å²) in [6.45, 7) is 2.15. The molecule has 0 aromatic heterocycles. The van der Waals surface area contributed by atoms with E-state index in [0.717, 1.165) is 6.26 Å². The minimum absolute atomic E-state index is 0.148. The van der Waals surface area contributed by atoms with E-state index in [1.807, 2.05) is 13.0 Å². The average molecular weight is 439 g/mol. The predicted octanol–water partition coefficient (Wildman–Crippen LogP) is 1.81. The van der Waals surface area contributed by atoms with Crippen LogP contribution in [0.5, 0.6) is 0 Å². The summed E-state index contributed by atoms with van der Waals surface area (Å²) in [7, 11) is -3.69. The molecule has 4 saturated heterocycles. The molecule has 4 fully saturated rings. The van der Waals surface area contributed by atoms with E-state index in [-0.39, 0.29) is 16.8 Å². The number of nitrogens with zero attached hydrogens (tertiary/aromatic N) is 2. The van der Waals surface area contributed by atoms with Crippen molar-refractivity contribution < 1.29 is 26.9 Å². The van der Waals surface area contributed by atoms with Crippen LogP contribution in [0.25, 0.3) is 0 Å². The molecule has 4 aliphatic rings. The summed E-state index contributed by atoms with van der Waals surface area (Å²) in [5, 5.41) is 9.37. The lowest BCUT2D eigenvalue weighted by atomic mass is 9.65. The first-order valence-electron chi connectivity index (χ1n) is 9.32. The lowest BCUT2D eigenvalue weighted by molar-refractivity contribution is -0.158. The van der Waals surface area contributed by atoms with Crippen LogP contribution in [0.4, 0.5) is 5.69 Å². The Kier molecular flexibility index (Phi) is 3.94. The second-order valence-electron chi connectivity index (χ2n) is 8.36. The SMILES string of the molecule is C[C@@]12C[C@@H](OS(C)(=O)=O)[C@]3(CCO[C@H]4[C@@H]3[C@@H]1C(=O)N4c1ccc(C#N)c(Cl)c1)O2. The number of rotatable bonds is 3. The predicted molar refractivity (Wildman–Crippen MR) is 102 cm³/mol. The quantitative estimate of drug-likeness (QED) is 0.662. The zero-order valence-electron chi connectivity index (χ0n) is 15.8. The van der Waals surface area contributed by atoms with Crippen LogP contribution in [-0.4, -0.2) is 50.7 Å². The molecule has 0 N–H and O–H groups in total. The molecule has 10 heteroatoms. The van der Waals surface area contributed by atoms with Crippen LogP contribution in [0.15, 0.2) is 18.2 Å². The highest BCUT2D eigenvalue weighted by Crippen LogP contribution is 2.66. The zero-order chi connectivity index (χ0) is 20.8. The normalized spacial score (nSPS) is 40.2. The molecule has 154 valence electrons. The van der Waals surface area contributed by atoms with E-state index in [1.165, 1.54) is 0 Å². The third-order valence-electron chi connectivity index (χ3n) is 6.63. The monoisotopic (exact) mass is 438 g/mol. The Hall–Kier alpha value is -1.70. The number of ether oxygens (including phenoxy) is 2. The molecule has 4 aliphatic heterocycles. The van der Waals surface area contributed by atoms with Crippen molar-refractivity contribution in [2.24, 2.45) is 11.8 Å². The van der Waals surface area contributed by atoms with Gasteiger partial charge in [0.25, 0.3) is 10.1 Å². The summed E-state index contributed by atoms with van der Waals surface area (Å²) < 4.78 is 41.5. The van der Waals surface area contributed by atoms with Gasteiger partial charge < -0.3 is 9.47 Å². The number of hydrogen-bond acceptors (Lipinski definition) is 7. The largest absolute Gasteiger partial charge is 0.365 e. The molecule has 6 atom stereocenters. The molecule has 0 saturated carbocycles. The van der Waals surface area contributed by atoms with E-state index >= 15 is 0 Å². The molecule has 1 spiro atoms. The summed E-state index contributed by atoms with van der Waals surface area (Å²) in [5.41, 5.74) is -0.875. The number of carbonyl (C=O) groups is 1. The van der Waals surface area contributed by atoms with Crippen molar-refractivity contribution >= 4 is 33.3 Å². The van der Waals surface area contributed by atoms with Crippen LogP contribution in [0.3, 0.4) is 0 Å². The molecule has 0 unspecified atom stereocenters. The molecule has 1 aromatic carbocycles. The summed E-state index contributed by atoms with van der Waals surface area (Å²) in [6, 6.07) is 6.83. The van der Waals surface area contributed by atoms with Crippen molar-refractivity contribution in [1.82, 2.24) is 0 Å². The Morgan fingerprint density at radius 3 is 2.83 bits per heavy atom. The molecule has 1 amide bonds. The molecule has 29 heavy (non-hydrogen) atoms. The second-order valence-corrected chi connectivity index (χ2v) is 10.4. The summed E-state index contributed by atoms with van der Waals surface area (Å²) in [5.74, 6) is -0.977. The van der Waals surface area contributed by atoms with Gasteiger partial charge in [0.15, 0.2) is 0 Å². The third-order valence-corrected chi connectivity index (χ3v) is 7.52. The van der Waals surface area contributed by atoms with E-state index < -0.39 is 39.6 Å². The maximum absolute atomic E-state index is 13.5. The number of anilines is 1. The van der Waals surface area contributed by atoms with Gasteiger partial charge in [-0.15, -0.1) is 0 Å². The molecule has 8 nitrogen and oxygen atoms in total. The summed E-state index contributed by atoms with van der Waals surface area (Å²) >= 11 is 6.19. The van der Waals surface area contributed by atoms with Gasteiger partial charge in [-0.25, -0.2) is 0 Å². The number of carbonyl (C=O) groups excluding carboxylic acids is 1. The minimum Gasteiger partial charge on any atom is -0.365 e. The molecule has 4 heterocycles. The topological polar surface area (TPSA) is 106 Å². The van der Waals surface area contributed by atoms with Crippen LogP contribution >= 0.6 is 11.6 Å². The molecule has 2 bridgehead atoms. The fraction of sp³-hybridized carbons (Fsp3) is 0.579. The highest BCUT2D eigenvalue weighted by molar-refractivity contribution is 7.86. The van der Waals surface area contributed by atoms with Crippen LogP contribution in [-0.2, 0) is 28.6 Å². The van der Waals surface area contributed by atoms with Gasteiger partial charge in [0.1, 0.15) is 24.0 Å². The average Bonchev–Trinajstić information content (AvgIpc) is 3.17. The second kappa shape index (κ2) is 5.93. The van der Waals surface area contributed by atoms with Gasteiger partial charge in [0, 0.05) is 18.5 Å². The third kappa shape index (κ3) is 2.53. The molecule has 5 rings (SSSR count). The number of halogens is 1. The molecular formula is C19H19ClN2O6S. The lowest BCUT2D eigenvalue weighted by Gasteiger charge is -2.44. The molecule has 1 aromatic rings. The van der Waals surface area contributed by atoms with Gasteiger partial charge >= 0.3 is 0 Å². The highest BCUT2D eigenvalue weighted by atomic mass is 35.5. The summed E-state index contributed by atoms with van der Waals surface area (Å²) in [4.78, 5) is 15.0. The Morgan fingerprint density at radius 2 is 2.17 bits per heavy atom. The van der Waals surface area contributed by atoms with Gasteiger partial charge in [0.05, 0.1) is 40.9 Å². The van der Waals surface area contributed by atoms with Crippen LogP contribution in [0.2, 0.25) is 5.02 Å². The number of fused-ring (bicyclic) bond motifs is 2. The van der Waals surface area contributed by atoms with Gasteiger partial charge in [0.2, 0.25) is 5.91 Å². The number of nitriles is 1. The van der Waals surface area contributed by atoms with Crippen LogP contribution in [0, 0.1) is 23.2 Å². The fourth-order valence-electron chi connectivity index (χ4n) is 5.72. The van der Waals surface area contributed by atoms with Crippen LogP contribution < -0.4 is 4.90 Å². The number of benzene rings is 1. The van der Waals surface area contributed by atoms with Gasteiger partial charge in [-0.1, -0.05) is 11.6 Å². The molecule has 0 aliphatic carbocycles. The fourth-order valence-corrected chi connectivity index (χ4v) is 6.59. The van der Waals surface area contributed by atoms with Gasteiger partial charge in [-0.05, 0) is 25.1 Å². The smallest absolute Gasteiger partial charge is 0.264 e. The van der Waals surface area contributed by atoms with Crippen molar-refractivity contribution in [2.75, 3.05) is 17.8 Å². The Labute approximate surface area is 173 Å². The number of hydrogen-bond donors (Lipinski definition) is 0. The van der Waals surface area contributed by atoms with E-state index in [1.54, 1.807) is 23.1 Å². The van der Waals surface area contributed by atoms with E-state index in [0.29, 0.717) is 30.7 Å². The first-order chi connectivity index (χ1) is 13.6. The minimum atomic E-state index is -3.69. The van der Waals surface area contributed by atoms with Gasteiger partial charge in [-0.3, -0.25) is 13.9 Å². The van der Waals surface area contributed by atoms with E-state index in [4.69, 9.17) is 30.5 Å². The Bertz CT molecular complexity index is 1070. The first-order valence-corrected chi connectivity index (χ1v) is 11.5. The van der Waals surface area contributed by atoms with Crippen molar-refractivity contribution in [3.63, 3.8) is 0 Å². The standard InChI is InChI=1S/C19H19ClN2O6S/c1-18-8-13(27-29(2,24)25)19(28-18)5-6-26-17-15(19)14(18)16(23)22(17)11-4-3-10(9-21)12(20)7-11/h3-4,7,13-15,17H,5-6,8H2,1-2H3/t13-,14-,15+,17+,18-,19+/m1/s1. The Balaban J connectivity index is 1.59. The molecular weight excluding hydrogens is 420 g/mol.